The Balaban J connectivity index is 1.57. The fraction of sp³-hybridized carbons (Fsp3) is 0.571. The van der Waals surface area contributed by atoms with Crippen LogP contribution in [0.5, 0.6) is 0 Å². The van der Waals surface area contributed by atoms with Crippen LogP contribution in [0.15, 0.2) is 28.8 Å². The molecule has 0 unspecified atom stereocenters. The summed E-state index contributed by atoms with van der Waals surface area (Å²) < 4.78 is 5.44. The lowest BCUT2D eigenvalue weighted by Crippen LogP contribution is -2.51. The summed E-state index contributed by atoms with van der Waals surface area (Å²) in [5, 5.41) is 4.12. The van der Waals surface area contributed by atoms with Gasteiger partial charge in [0.1, 0.15) is 0 Å². The van der Waals surface area contributed by atoms with E-state index in [1.54, 1.807) is 0 Å². The Morgan fingerprint density at radius 3 is 2.30 bits per heavy atom. The van der Waals surface area contributed by atoms with Gasteiger partial charge in [-0.3, -0.25) is 9.69 Å². The number of benzene rings is 1. The summed E-state index contributed by atoms with van der Waals surface area (Å²) in [6.07, 6.45) is 0. The van der Waals surface area contributed by atoms with Crippen LogP contribution in [0.2, 0.25) is 0 Å². The SMILES string of the molecule is CC(C)c1ccc(-c2noc(CN3CCN(C(=O)C(C)(C)C)CC3)n2)cc1. The molecule has 0 bridgehead atoms. The zero-order chi connectivity index (χ0) is 19.6. The number of nitrogens with zero attached hydrogens (tertiary/aromatic N) is 4. The molecule has 1 amide bonds. The van der Waals surface area contributed by atoms with Gasteiger partial charge in [0.05, 0.1) is 6.54 Å². The minimum atomic E-state index is -0.325. The highest BCUT2D eigenvalue weighted by atomic mass is 16.5. The van der Waals surface area contributed by atoms with Gasteiger partial charge in [-0.15, -0.1) is 0 Å². The Bertz CT molecular complexity index is 766. The minimum absolute atomic E-state index is 0.215. The quantitative estimate of drug-likeness (QED) is 0.824. The van der Waals surface area contributed by atoms with E-state index in [1.807, 2.05) is 37.8 Å². The van der Waals surface area contributed by atoms with E-state index in [1.165, 1.54) is 5.56 Å². The molecular formula is C21H30N4O2. The first kappa shape index (κ1) is 19.5. The van der Waals surface area contributed by atoms with Gasteiger partial charge in [0, 0.05) is 37.2 Å². The van der Waals surface area contributed by atoms with Crippen molar-refractivity contribution in [2.75, 3.05) is 26.2 Å². The third kappa shape index (κ3) is 4.75. The van der Waals surface area contributed by atoms with Gasteiger partial charge >= 0.3 is 0 Å². The normalized spacial score (nSPS) is 16.1. The van der Waals surface area contributed by atoms with Crippen LogP contribution in [0.1, 0.15) is 52.0 Å². The molecule has 0 radical (unpaired) electrons. The molecule has 0 aliphatic carbocycles. The summed E-state index contributed by atoms with van der Waals surface area (Å²) in [5.41, 5.74) is 1.94. The molecule has 146 valence electrons. The highest BCUT2D eigenvalue weighted by Gasteiger charge is 2.30. The lowest BCUT2D eigenvalue weighted by atomic mass is 9.94. The molecule has 0 spiro atoms. The maximum Gasteiger partial charge on any atom is 0.241 e. The smallest absolute Gasteiger partial charge is 0.241 e. The van der Waals surface area contributed by atoms with Gasteiger partial charge in [0.15, 0.2) is 0 Å². The molecule has 1 aromatic heterocycles. The van der Waals surface area contributed by atoms with E-state index in [0.717, 1.165) is 31.7 Å². The molecule has 0 N–H and O–H groups in total. The van der Waals surface area contributed by atoms with E-state index in [4.69, 9.17) is 4.52 Å². The summed E-state index contributed by atoms with van der Waals surface area (Å²) in [7, 11) is 0. The molecule has 0 atom stereocenters. The zero-order valence-electron chi connectivity index (χ0n) is 17.0. The topological polar surface area (TPSA) is 62.5 Å². The van der Waals surface area contributed by atoms with Crippen LogP contribution < -0.4 is 0 Å². The molecule has 1 aliphatic rings. The minimum Gasteiger partial charge on any atom is -0.340 e. The predicted molar refractivity (Wildman–Crippen MR) is 105 cm³/mol. The van der Waals surface area contributed by atoms with Crippen LogP contribution in [0, 0.1) is 5.41 Å². The Labute approximate surface area is 161 Å². The highest BCUT2D eigenvalue weighted by molar-refractivity contribution is 5.81. The first-order valence-electron chi connectivity index (χ1n) is 9.68. The van der Waals surface area contributed by atoms with Crippen LogP contribution in [-0.4, -0.2) is 52.0 Å². The van der Waals surface area contributed by atoms with E-state index in [-0.39, 0.29) is 11.3 Å². The first-order chi connectivity index (χ1) is 12.7. The van der Waals surface area contributed by atoms with Crippen molar-refractivity contribution in [1.82, 2.24) is 19.9 Å². The molecule has 1 saturated heterocycles. The average Bonchev–Trinajstić information content (AvgIpc) is 3.09. The van der Waals surface area contributed by atoms with E-state index in [0.29, 0.717) is 24.2 Å². The van der Waals surface area contributed by atoms with Crippen molar-refractivity contribution in [2.45, 2.75) is 47.1 Å². The fourth-order valence-corrected chi connectivity index (χ4v) is 3.23. The second kappa shape index (κ2) is 7.80. The lowest BCUT2D eigenvalue weighted by Gasteiger charge is -2.37. The molecule has 27 heavy (non-hydrogen) atoms. The molecule has 1 aromatic carbocycles. The Hall–Kier alpha value is -2.21. The standard InChI is InChI=1S/C21H30N4O2/c1-15(2)16-6-8-17(9-7-16)19-22-18(27-23-19)14-24-10-12-25(13-11-24)20(26)21(3,4)5/h6-9,15H,10-14H2,1-5H3. The fourth-order valence-electron chi connectivity index (χ4n) is 3.23. The lowest BCUT2D eigenvalue weighted by molar-refractivity contribution is -0.141. The summed E-state index contributed by atoms with van der Waals surface area (Å²) in [6.45, 7) is 14.0. The maximum atomic E-state index is 12.4. The van der Waals surface area contributed by atoms with Crippen LogP contribution in [0.25, 0.3) is 11.4 Å². The van der Waals surface area contributed by atoms with Crippen molar-refractivity contribution in [3.05, 3.63) is 35.7 Å². The Morgan fingerprint density at radius 2 is 1.74 bits per heavy atom. The van der Waals surface area contributed by atoms with Gasteiger partial charge in [-0.25, -0.2) is 0 Å². The highest BCUT2D eigenvalue weighted by Crippen LogP contribution is 2.22. The number of piperazine rings is 1. The van der Waals surface area contributed by atoms with Crippen molar-refractivity contribution in [2.24, 2.45) is 5.41 Å². The van der Waals surface area contributed by atoms with Crippen molar-refractivity contribution in [3.63, 3.8) is 0 Å². The zero-order valence-corrected chi connectivity index (χ0v) is 17.0. The van der Waals surface area contributed by atoms with Crippen molar-refractivity contribution >= 4 is 5.91 Å². The second-order valence-corrected chi connectivity index (χ2v) is 8.61. The van der Waals surface area contributed by atoms with Gasteiger partial charge in [-0.1, -0.05) is 64.0 Å². The number of aromatic nitrogens is 2. The number of carbonyl (C=O) groups is 1. The van der Waals surface area contributed by atoms with Crippen molar-refractivity contribution in [3.8, 4) is 11.4 Å². The third-order valence-electron chi connectivity index (χ3n) is 4.96. The monoisotopic (exact) mass is 370 g/mol. The molecule has 6 heteroatoms. The summed E-state index contributed by atoms with van der Waals surface area (Å²) in [5.74, 6) is 1.96. The first-order valence-corrected chi connectivity index (χ1v) is 9.68. The second-order valence-electron chi connectivity index (χ2n) is 8.61. The molecule has 6 nitrogen and oxygen atoms in total. The van der Waals surface area contributed by atoms with Crippen LogP contribution >= 0.6 is 0 Å². The Kier molecular flexibility index (Phi) is 5.65. The molecule has 0 saturated carbocycles. The molecule has 3 rings (SSSR count). The molecule has 1 fully saturated rings. The number of amides is 1. The van der Waals surface area contributed by atoms with Crippen molar-refractivity contribution < 1.29 is 9.32 Å². The predicted octanol–water partition coefficient (Wildman–Crippen LogP) is 3.55. The molecule has 2 aromatic rings. The maximum absolute atomic E-state index is 12.4. The third-order valence-corrected chi connectivity index (χ3v) is 4.96. The van der Waals surface area contributed by atoms with Gasteiger partial charge in [0.25, 0.3) is 0 Å². The van der Waals surface area contributed by atoms with E-state index >= 15 is 0 Å². The summed E-state index contributed by atoms with van der Waals surface area (Å²) in [4.78, 5) is 21.1. The molecule has 1 aliphatic heterocycles. The molecule has 2 heterocycles. The summed E-state index contributed by atoms with van der Waals surface area (Å²) >= 11 is 0. The van der Waals surface area contributed by atoms with Gasteiger partial charge in [0.2, 0.25) is 17.6 Å². The number of carbonyl (C=O) groups excluding carboxylic acids is 1. The van der Waals surface area contributed by atoms with Crippen LogP contribution in [0.4, 0.5) is 0 Å². The van der Waals surface area contributed by atoms with Crippen molar-refractivity contribution in [1.29, 1.82) is 0 Å². The molecular weight excluding hydrogens is 340 g/mol. The number of rotatable bonds is 4. The largest absolute Gasteiger partial charge is 0.340 e. The van der Waals surface area contributed by atoms with Gasteiger partial charge < -0.3 is 9.42 Å². The number of hydrogen-bond acceptors (Lipinski definition) is 5. The summed E-state index contributed by atoms with van der Waals surface area (Å²) in [6, 6.07) is 8.31. The average molecular weight is 370 g/mol. The van der Waals surface area contributed by atoms with Gasteiger partial charge in [-0.05, 0) is 11.5 Å². The number of hydrogen-bond donors (Lipinski definition) is 0. The van der Waals surface area contributed by atoms with Crippen LogP contribution in [-0.2, 0) is 11.3 Å². The Morgan fingerprint density at radius 1 is 1.11 bits per heavy atom. The van der Waals surface area contributed by atoms with E-state index in [2.05, 4.69) is 41.0 Å². The van der Waals surface area contributed by atoms with Crippen LogP contribution in [0.3, 0.4) is 0 Å². The van der Waals surface area contributed by atoms with E-state index < -0.39 is 0 Å². The van der Waals surface area contributed by atoms with E-state index in [9.17, 15) is 4.79 Å². The van der Waals surface area contributed by atoms with Gasteiger partial charge in [-0.2, -0.15) is 4.98 Å².